The van der Waals surface area contributed by atoms with Gasteiger partial charge < -0.3 is 11.1 Å². The number of benzene rings is 1. The highest BCUT2D eigenvalue weighted by Crippen LogP contribution is 2.30. The number of hydrogen-bond donors (Lipinski definition) is 2. The monoisotopic (exact) mass is 255 g/mol. The molecule has 1 heterocycles. The molecule has 0 aliphatic carbocycles. The first-order valence-corrected chi connectivity index (χ1v) is 5.07. The highest BCUT2D eigenvalue weighted by molar-refractivity contribution is 6.33. The zero-order chi connectivity index (χ0) is 12.4. The zero-order valence-electron chi connectivity index (χ0n) is 8.55. The molecular weight excluding hydrogens is 248 g/mol. The number of nitrogens with one attached hydrogen (secondary N) is 1. The first-order chi connectivity index (χ1) is 8.08. The molecule has 0 radical (unpaired) electrons. The van der Waals surface area contributed by atoms with Gasteiger partial charge in [-0.25, -0.2) is 8.78 Å². The van der Waals surface area contributed by atoms with Gasteiger partial charge in [0.15, 0.2) is 5.82 Å². The topological polar surface area (TPSA) is 50.9 Å². The Balaban J connectivity index is 2.40. The SMILES string of the molecule is Nc1cnccc1Nc1c(F)cc(F)cc1Cl. The number of pyridine rings is 1. The van der Waals surface area contributed by atoms with Gasteiger partial charge in [-0.05, 0) is 12.1 Å². The molecule has 2 aromatic rings. The third-order valence-electron chi connectivity index (χ3n) is 2.12. The molecule has 17 heavy (non-hydrogen) atoms. The zero-order valence-corrected chi connectivity index (χ0v) is 9.30. The van der Waals surface area contributed by atoms with Crippen molar-refractivity contribution in [3.05, 3.63) is 47.2 Å². The van der Waals surface area contributed by atoms with Crippen LogP contribution in [-0.2, 0) is 0 Å². The summed E-state index contributed by atoms with van der Waals surface area (Å²) in [6, 6.07) is 3.32. The average molecular weight is 256 g/mol. The van der Waals surface area contributed by atoms with E-state index >= 15 is 0 Å². The van der Waals surface area contributed by atoms with E-state index in [-0.39, 0.29) is 10.7 Å². The number of nitrogen functional groups attached to an aromatic ring is 1. The molecule has 0 saturated heterocycles. The maximum atomic E-state index is 13.5. The molecule has 6 heteroatoms. The van der Waals surface area contributed by atoms with Crippen LogP contribution in [0.2, 0.25) is 5.02 Å². The Morgan fingerprint density at radius 1 is 1.29 bits per heavy atom. The molecule has 0 saturated carbocycles. The molecular formula is C11H8ClF2N3. The van der Waals surface area contributed by atoms with E-state index in [0.29, 0.717) is 11.4 Å². The van der Waals surface area contributed by atoms with Gasteiger partial charge in [0, 0.05) is 12.3 Å². The summed E-state index contributed by atoms with van der Waals surface area (Å²) in [4.78, 5) is 3.79. The lowest BCUT2D eigenvalue weighted by atomic mass is 10.2. The molecule has 1 aromatic heterocycles. The van der Waals surface area contributed by atoms with E-state index in [0.717, 1.165) is 12.1 Å². The fourth-order valence-corrected chi connectivity index (χ4v) is 1.56. The summed E-state index contributed by atoms with van der Waals surface area (Å²) < 4.78 is 26.3. The summed E-state index contributed by atoms with van der Waals surface area (Å²) >= 11 is 5.74. The van der Waals surface area contributed by atoms with E-state index < -0.39 is 11.6 Å². The van der Waals surface area contributed by atoms with Crippen molar-refractivity contribution in [2.24, 2.45) is 0 Å². The first kappa shape index (κ1) is 11.6. The van der Waals surface area contributed by atoms with Crippen LogP contribution in [0.4, 0.5) is 25.8 Å². The second-order valence-electron chi connectivity index (χ2n) is 3.33. The third-order valence-corrected chi connectivity index (χ3v) is 2.42. The summed E-state index contributed by atoms with van der Waals surface area (Å²) in [6.45, 7) is 0. The molecule has 0 amide bonds. The van der Waals surface area contributed by atoms with Gasteiger partial charge >= 0.3 is 0 Å². The van der Waals surface area contributed by atoms with Crippen molar-refractivity contribution in [1.29, 1.82) is 0 Å². The van der Waals surface area contributed by atoms with Crippen LogP contribution in [-0.4, -0.2) is 4.98 Å². The molecule has 88 valence electrons. The van der Waals surface area contributed by atoms with Crippen molar-refractivity contribution in [3.8, 4) is 0 Å². The summed E-state index contributed by atoms with van der Waals surface area (Å²) in [5, 5.41) is 2.64. The lowest BCUT2D eigenvalue weighted by Crippen LogP contribution is -2.00. The predicted molar refractivity (Wildman–Crippen MR) is 63.3 cm³/mol. The van der Waals surface area contributed by atoms with Crippen LogP contribution in [0.15, 0.2) is 30.6 Å². The van der Waals surface area contributed by atoms with Crippen LogP contribution in [0.3, 0.4) is 0 Å². The number of nitrogens with zero attached hydrogens (tertiary/aromatic N) is 1. The largest absolute Gasteiger partial charge is 0.396 e. The van der Waals surface area contributed by atoms with Gasteiger partial charge in [0.1, 0.15) is 5.82 Å². The second kappa shape index (κ2) is 4.55. The van der Waals surface area contributed by atoms with Crippen LogP contribution in [0.5, 0.6) is 0 Å². The lowest BCUT2D eigenvalue weighted by molar-refractivity contribution is 0.586. The van der Waals surface area contributed by atoms with Crippen LogP contribution < -0.4 is 11.1 Å². The van der Waals surface area contributed by atoms with Crippen molar-refractivity contribution in [2.45, 2.75) is 0 Å². The molecule has 0 aliphatic heterocycles. The fourth-order valence-electron chi connectivity index (χ4n) is 1.32. The average Bonchev–Trinajstić information content (AvgIpc) is 2.25. The molecule has 3 nitrogen and oxygen atoms in total. The van der Waals surface area contributed by atoms with Crippen molar-refractivity contribution in [2.75, 3.05) is 11.1 Å². The van der Waals surface area contributed by atoms with Gasteiger partial charge in [-0.1, -0.05) is 11.6 Å². The highest BCUT2D eigenvalue weighted by atomic mass is 35.5. The normalized spacial score (nSPS) is 10.3. The molecule has 0 atom stereocenters. The predicted octanol–water partition coefficient (Wildman–Crippen LogP) is 3.34. The maximum Gasteiger partial charge on any atom is 0.151 e. The number of anilines is 3. The summed E-state index contributed by atoms with van der Waals surface area (Å²) in [7, 11) is 0. The Kier molecular flexibility index (Phi) is 3.10. The van der Waals surface area contributed by atoms with Crippen LogP contribution in [0.25, 0.3) is 0 Å². The fraction of sp³-hybridized carbons (Fsp3) is 0. The molecule has 0 bridgehead atoms. The van der Waals surface area contributed by atoms with Crippen molar-refractivity contribution < 1.29 is 8.78 Å². The third kappa shape index (κ3) is 2.45. The van der Waals surface area contributed by atoms with E-state index in [9.17, 15) is 8.78 Å². The summed E-state index contributed by atoms with van der Waals surface area (Å²) in [5.74, 6) is -1.52. The minimum atomic E-state index is -0.786. The Bertz CT molecular complexity index is 537. The standard InChI is InChI=1S/C11H8ClF2N3/c12-7-3-6(13)4-8(14)11(7)17-10-1-2-16-5-9(10)15/h1-5H,15H2,(H,16,17). The van der Waals surface area contributed by atoms with Crippen molar-refractivity contribution in [3.63, 3.8) is 0 Å². The number of hydrogen-bond acceptors (Lipinski definition) is 3. The maximum absolute atomic E-state index is 13.5. The van der Waals surface area contributed by atoms with Gasteiger partial charge in [0.05, 0.1) is 28.3 Å². The van der Waals surface area contributed by atoms with Crippen LogP contribution >= 0.6 is 11.6 Å². The highest BCUT2D eigenvalue weighted by Gasteiger charge is 2.11. The van der Waals surface area contributed by atoms with Crippen LogP contribution in [0, 0.1) is 11.6 Å². The summed E-state index contributed by atoms with van der Waals surface area (Å²) in [6.07, 6.45) is 2.91. The molecule has 0 spiro atoms. The van der Waals surface area contributed by atoms with Gasteiger partial charge in [-0.15, -0.1) is 0 Å². The number of rotatable bonds is 2. The van der Waals surface area contributed by atoms with Crippen molar-refractivity contribution in [1.82, 2.24) is 4.98 Å². The first-order valence-electron chi connectivity index (χ1n) is 4.69. The van der Waals surface area contributed by atoms with E-state index in [1.807, 2.05) is 0 Å². The lowest BCUT2D eigenvalue weighted by Gasteiger charge is -2.11. The Labute approximate surface area is 101 Å². The van der Waals surface area contributed by atoms with Gasteiger partial charge in [-0.2, -0.15) is 0 Å². The van der Waals surface area contributed by atoms with Crippen molar-refractivity contribution >= 4 is 28.7 Å². The Morgan fingerprint density at radius 3 is 2.71 bits per heavy atom. The Morgan fingerprint density at radius 2 is 2.06 bits per heavy atom. The minimum Gasteiger partial charge on any atom is -0.396 e. The molecule has 3 N–H and O–H groups in total. The number of halogens is 3. The quantitative estimate of drug-likeness (QED) is 0.865. The van der Waals surface area contributed by atoms with E-state index in [4.69, 9.17) is 17.3 Å². The van der Waals surface area contributed by atoms with E-state index in [1.165, 1.54) is 12.4 Å². The molecule has 0 aliphatic rings. The van der Waals surface area contributed by atoms with Gasteiger partial charge in [0.25, 0.3) is 0 Å². The number of nitrogens with two attached hydrogens (primary N) is 1. The van der Waals surface area contributed by atoms with E-state index in [1.54, 1.807) is 6.07 Å². The van der Waals surface area contributed by atoms with Gasteiger partial charge in [0.2, 0.25) is 0 Å². The molecule has 0 unspecified atom stereocenters. The molecule has 0 fully saturated rings. The number of aromatic nitrogens is 1. The Hall–Kier alpha value is -1.88. The molecule has 1 aromatic carbocycles. The molecule has 2 rings (SSSR count). The van der Waals surface area contributed by atoms with Gasteiger partial charge in [-0.3, -0.25) is 4.98 Å². The van der Waals surface area contributed by atoms with Crippen LogP contribution in [0.1, 0.15) is 0 Å². The van der Waals surface area contributed by atoms with E-state index in [2.05, 4.69) is 10.3 Å². The summed E-state index contributed by atoms with van der Waals surface area (Å²) in [5.41, 5.74) is 6.40. The minimum absolute atomic E-state index is 0.0223. The smallest absolute Gasteiger partial charge is 0.151 e. The second-order valence-corrected chi connectivity index (χ2v) is 3.74.